The molecule has 2 N–H and O–H groups in total. The number of halogens is 1. The van der Waals surface area contributed by atoms with Crippen molar-refractivity contribution >= 4 is 17.6 Å². The van der Waals surface area contributed by atoms with Gasteiger partial charge >= 0.3 is 5.97 Å². The van der Waals surface area contributed by atoms with Crippen molar-refractivity contribution in [1.82, 2.24) is 0 Å². The molecule has 0 saturated carbocycles. The van der Waals surface area contributed by atoms with Gasteiger partial charge in [-0.15, -0.1) is 0 Å². The largest absolute Gasteiger partial charge is 0.478 e. The molecule has 2 rings (SSSR count). The molecule has 1 amide bonds. The number of carbonyl (C=O) groups is 2. The van der Waals surface area contributed by atoms with Gasteiger partial charge in [0.1, 0.15) is 5.82 Å². The summed E-state index contributed by atoms with van der Waals surface area (Å²) in [7, 11) is 0. The van der Waals surface area contributed by atoms with Crippen molar-refractivity contribution in [3.8, 4) is 0 Å². The molecule has 0 aromatic heterocycles. The van der Waals surface area contributed by atoms with Gasteiger partial charge in [-0.2, -0.15) is 0 Å². The molecule has 108 valence electrons. The number of anilines is 1. The zero-order valence-electron chi connectivity index (χ0n) is 11.1. The Hall–Kier alpha value is -1.95. The van der Waals surface area contributed by atoms with E-state index in [1.807, 2.05) is 6.92 Å². The van der Waals surface area contributed by atoms with E-state index in [0.29, 0.717) is 19.4 Å². The Morgan fingerprint density at radius 3 is 2.85 bits per heavy atom. The minimum absolute atomic E-state index is 0.00491. The maximum atomic E-state index is 13.6. The van der Waals surface area contributed by atoms with E-state index in [1.165, 1.54) is 0 Å². The van der Waals surface area contributed by atoms with Crippen LogP contribution in [0.25, 0.3) is 0 Å². The van der Waals surface area contributed by atoms with Crippen molar-refractivity contribution in [2.45, 2.75) is 25.9 Å². The zero-order valence-corrected chi connectivity index (χ0v) is 11.1. The molecule has 20 heavy (non-hydrogen) atoms. The van der Waals surface area contributed by atoms with Crippen molar-refractivity contribution < 1.29 is 23.8 Å². The highest BCUT2D eigenvalue weighted by Crippen LogP contribution is 2.23. The van der Waals surface area contributed by atoms with Gasteiger partial charge in [0.25, 0.3) is 0 Å². The summed E-state index contributed by atoms with van der Waals surface area (Å²) in [6, 6.07) is 3.31. The van der Waals surface area contributed by atoms with Gasteiger partial charge in [0.05, 0.1) is 17.4 Å². The number of hydrogen-bond acceptors (Lipinski definition) is 3. The lowest BCUT2D eigenvalue weighted by Crippen LogP contribution is -2.32. The third-order valence-electron chi connectivity index (χ3n) is 3.33. The molecule has 0 bridgehead atoms. The Bertz CT molecular complexity index is 532. The van der Waals surface area contributed by atoms with Crippen molar-refractivity contribution in [1.29, 1.82) is 0 Å². The van der Waals surface area contributed by atoms with Gasteiger partial charge in [0.15, 0.2) is 0 Å². The second-order valence-electron chi connectivity index (χ2n) is 4.89. The van der Waals surface area contributed by atoms with Crippen molar-refractivity contribution in [2.24, 2.45) is 5.92 Å². The number of carboxylic acids is 1. The lowest BCUT2D eigenvalue weighted by Gasteiger charge is -2.26. The molecule has 1 aliphatic heterocycles. The molecule has 0 spiro atoms. The van der Waals surface area contributed by atoms with Crippen LogP contribution in [0.2, 0.25) is 0 Å². The Balaban J connectivity index is 2.10. The van der Waals surface area contributed by atoms with Crippen LogP contribution in [-0.2, 0) is 9.53 Å². The van der Waals surface area contributed by atoms with Crippen molar-refractivity contribution in [2.75, 3.05) is 11.9 Å². The first-order valence-electron chi connectivity index (χ1n) is 6.42. The fourth-order valence-electron chi connectivity index (χ4n) is 2.23. The fraction of sp³-hybridized carbons (Fsp3) is 0.429. The summed E-state index contributed by atoms with van der Waals surface area (Å²) in [6.45, 7) is 2.38. The molecule has 1 fully saturated rings. The zero-order chi connectivity index (χ0) is 14.7. The Morgan fingerprint density at radius 2 is 2.20 bits per heavy atom. The monoisotopic (exact) mass is 281 g/mol. The van der Waals surface area contributed by atoms with Crippen LogP contribution in [0.1, 0.15) is 30.1 Å². The Kier molecular flexibility index (Phi) is 4.34. The Morgan fingerprint density at radius 1 is 1.45 bits per heavy atom. The summed E-state index contributed by atoms with van der Waals surface area (Å²) >= 11 is 0. The summed E-state index contributed by atoms with van der Waals surface area (Å²) in [4.78, 5) is 22.9. The lowest BCUT2D eigenvalue weighted by atomic mass is 9.95. The van der Waals surface area contributed by atoms with Gasteiger partial charge in [0, 0.05) is 12.5 Å². The maximum Gasteiger partial charge on any atom is 0.335 e. The predicted molar refractivity (Wildman–Crippen MR) is 70.1 cm³/mol. The van der Waals surface area contributed by atoms with Crippen LogP contribution in [0.15, 0.2) is 18.2 Å². The summed E-state index contributed by atoms with van der Waals surface area (Å²) in [5, 5.41) is 11.3. The van der Waals surface area contributed by atoms with Gasteiger partial charge in [-0.05, 0) is 38.0 Å². The number of nitrogens with one attached hydrogen (secondary N) is 1. The number of amides is 1. The highest BCUT2D eigenvalue weighted by molar-refractivity contribution is 5.95. The first kappa shape index (κ1) is 14.5. The normalized spacial score (nSPS) is 22.3. The minimum atomic E-state index is -1.17. The lowest BCUT2D eigenvalue weighted by molar-refractivity contribution is -0.124. The van der Waals surface area contributed by atoms with Crippen LogP contribution < -0.4 is 5.32 Å². The van der Waals surface area contributed by atoms with Gasteiger partial charge in [0.2, 0.25) is 5.91 Å². The topological polar surface area (TPSA) is 75.6 Å². The summed E-state index contributed by atoms with van der Waals surface area (Å²) < 4.78 is 19.0. The van der Waals surface area contributed by atoms with Crippen LogP contribution in [0.4, 0.5) is 10.1 Å². The molecular weight excluding hydrogens is 265 g/mol. The number of aromatic carboxylic acids is 1. The number of rotatable bonds is 3. The summed E-state index contributed by atoms with van der Waals surface area (Å²) in [5.74, 6) is -2.36. The van der Waals surface area contributed by atoms with Crippen LogP contribution in [-0.4, -0.2) is 29.7 Å². The van der Waals surface area contributed by atoms with E-state index in [9.17, 15) is 14.0 Å². The van der Waals surface area contributed by atoms with Crippen LogP contribution in [0.5, 0.6) is 0 Å². The molecule has 0 aliphatic carbocycles. The van der Waals surface area contributed by atoms with Crippen LogP contribution in [0.3, 0.4) is 0 Å². The molecule has 1 saturated heterocycles. The third-order valence-corrected chi connectivity index (χ3v) is 3.33. The number of carbonyl (C=O) groups excluding carboxylic acids is 1. The smallest absolute Gasteiger partial charge is 0.335 e. The van der Waals surface area contributed by atoms with E-state index in [2.05, 4.69) is 5.32 Å². The van der Waals surface area contributed by atoms with Gasteiger partial charge in [-0.3, -0.25) is 4.79 Å². The van der Waals surface area contributed by atoms with Gasteiger partial charge < -0.3 is 15.2 Å². The molecule has 5 nitrogen and oxygen atoms in total. The molecule has 0 radical (unpaired) electrons. The van der Waals surface area contributed by atoms with E-state index >= 15 is 0 Å². The molecule has 2 unspecified atom stereocenters. The van der Waals surface area contributed by atoms with E-state index < -0.39 is 11.8 Å². The minimum Gasteiger partial charge on any atom is -0.478 e. The molecule has 1 heterocycles. The quantitative estimate of drug-likeness (QED) is 0.891. The number of carboxylic acid groups (broad SMARTS) is 1. The average Bonchev–Trinajstić information content (AvgIpc) is 2.41. The van der Waals surface area contributed by atoms with E-state index in [0.717, 1.165) is 18.2 Å². The molecule has 1 aromatic carbocycles. The highest BCUT2D eigenvalue weighted by Gasteiger charge is 2.26. The van der Waals surface area contributed by atoms with Crippen molar-refractivity contribution in [3.63, 3.8) is 0 Å². The Labute approximate surface area is 115 Å². The van der Waals surface area contributed by atoms with E-state index in [1.54, 1.807) is 0 Å². The average molecular weight is 281 g/mol. The number of hydrogen-bond donors (Lipinski definition) is 2. The standard InChI is InChI=1S/C14H16FNO4/c1-8-6-9(4-5-20-8)13(17)16-12-7-10(14(18)19)2-3-11(12)15/h2-3,7-9H,4-6H2,1H3,(H,16,17)(H,18,19). The highest BCUT2D eigenvalue weighted by atomic mass is 19.1. The van der Waals surface area contributed by atoms with Crippen molar-refractivity contribution in [3.05, 3.63) is 29.6 Å². The van der Waals surface area contributed by atoms with Crippen LogP contribution >= 0.6 is 0 Å². The van der Waals surface area contributed by atoms with Crippen LogP contribution in [0, 0.1) is 11.7 Å². The molecule has 1 aromatic rings. The second kappa shape index (κ2) is 6.00. The molecular formula is C14H16FNO4. The SMILES string of the molecule is CC1CC(C(=O)Nc2cc(C(=O)O)ccc2F)CCO1. The molecule has 1 aliphatic rings. The predicted octanol–water partition coefficient (Wildman–Crippen LogP) is 2.28. The van der Waals surface area contributed by atoms with Gasteiger partial charge in [-0.25, -0.2) is 9.18 Å². The molecule has 2 atom stereocenters. The first-order chi connectivity index (χ1) is 9.47. The van der Waals surface area contributed by atoms with Gasteiger partial charge in [-0.1, -0.05) is 0 Å². The maximum absolute atomic E-state index is 13.6. The third kappa shape index (κ3) is 3.33. The van der Waals surface area contributed by atoms with E-state index in [-0.39, 0.29) is 29.2 Å². The first-order valence-corrected chi connectivity index (χ1v) is 6.42. The summed E-state index contributed by atoms with van der Waals surface area (Å²) in [5.41, 5.74) is -0.170. The molecule has 6 heteroatoms. The summed E-state index contributed by atoms with van der Waals surface area (Å²) in [6.07, 6.45) is 1.15. The fourth-order valence-corrected chi connectivity index (χ4v) is 2.23. The second-order valence-corrected chi connectivity index (χ2v) is 4.89. The number of ether oxygens (including phenoxy) is 1. The number of benzene rings is 1. The van der Waals surface area contributed by atoms with E-state index in [4.69, 9.17) is 9.84 Å².